The molecule has 0 spiro atoms. The zero-order valence-electron chi connectivity index (χ0n) is 14.2. The second-order valence-electron chi connectivity index (χ2n) is 7.04. The minimum absolute atomic E-state index is 0.0693. The van der Waals surface area contributed by atoms with E-state index in [1.54, 1.807) is 0 Å². The van der Waals surface area contributed by atoms with E-state index in [2.05, 4.69) is 65.0 Å². The highest BCUT2D eigenvalue weighted by Crippen LogP contribution is 2.43. The molecule has 0 aliphatic heterocycles. The number of aryl methyl sites for hydroxylation is 4. The van der Waals surface area contributed by atoms with Crippen LogP contribution in [-0.4, -0.2) is 5.78 Å². The van der Waals surface area contributed by atoms with E-state index in [9.17, 15) is 4.79 Å². The minimum Gasteiger partial charge on any atom is -0.294 e. The van der Waals surface area contributed by atoms with E-state index in [-0.39, 0.29) is 5.41 Å². The number of Topliss-reactive ketones (excluding diaryl/α,β-unsaturated/α-hetero) is 1. The summed E-state index contributed by atoms with van der Waals surface area (Å²) in [6.45, 7) is 10.8. The third-order valence-corrected chi connectivity index (χ3v) is 5.52. The van der Waals surface area contributed by atoms with Gasteiger partial charge < -0.3 is 0 Å². The summed E-state index contributed by atoms with van der Waals surface area (Å²) in [6.07, 6.45) is 1.53. The highest BCUT2D eigenvalue weighted by molar-refractivity contribution is 5.99. The first-order chi connectivity index (χ1) is 10.3. The number of carbonyl (C=O) groups is 1. The van der Waals surface area contributed by atoms with Crippen molar-refractivity contribution in [3.63, 3.8) is 0 Å². The van der Waals surface area contributed by atoms with Crippen molar-refractivity contribution in [1.82, 2.24) is 0 Å². The molecule has 1 aliphatic carbocycles. The SMILES string of the molecule is Cc1ccc([C@@]2(C)CCC(=O)c3cc(C)c(C)cc32)cc1C. The van der Waals surface area contributed by atoms with Gasteiger partial charge in [-0.2, -0.15) is 0 Å². The van der Waals surface area contributed by atoms with Crippen LogP contribution in [-0.2, 0) is 5.41 Å². The zero-order valence-corrected chi connectivity index (χ0v) is 14.2. The highest BCUT2D eigenvalue weighted by Gasteiger charge is 2.37. The fraction of sp³-hybridized carbons (Fsp3) is 0.381. The molecule has 1 nitrogen and oxygen atoms in total. The number of carbonyl (C=O) groups excluding carboxylic acids is 1. The Morgan fingerprint density at radius 3 is 2.18 bits per heavy atom. The number of hydrogen-bond acceptors (Lipinski definition) is 1. The number of fused-ring (bicyclic) bond motifs is 1. The van der Waals surface area contributed by atoms with Gasteiger partial charge in [-0.1, -0.05) is 31.2 Å². The summed E-state index contributed by atoms with van der Waals surface area (Å²) in [4.78, 5) is 12.4. The standard InChI is InChI=1S/C21H24O/c1-13-6-7-17(10-14(13)2)21(5)9-8-20(22)18-11-15(3)16(4)12-19(18)21/h6-7,10-12H,8-9H2,1-5H3/t21-/m1/s1. The maximum Gasteiger partial charge on any atom is 0.163 e. The lowest BCUT2D eigenvalue weighted by Crippen LogP contribution is -2.32. The van der Waals surface area contributed by atoms with Crippen LogP contribution in [0.25, 0.3) is 0 Å². The number of rotatable bonds is 1. The Bertz CT molecular complexity index is 770. The van der Waals surface area contributed by atoms with E-state index < -0.39 is 0 Å². The summed E-state index contributed by atoms with van der Waals surface area (Å²) in [5.74, 6) is 0.291. The zero-order chi connectivity index (χ0) is 16.1. The lowest BCUT2D eigenvalue weighted by atomic mass is 9.66. The Kier molecular flexibility index (Phi) is 3.47. The molecule has 0 amide bonds. The minimum atomic E-state index is -0.0693. The van der Waals surface area contributed by atoms with Crippen molar-refractivity contribution in [2.45, 2.75) is 52.9 Å². The molecule has 2 aromatic rings. The van der Waals surface area contributed by atoms with E-state index in [0.29, 0.717) is 12.2 Å². The van der Waals surface area contributed by atoms with Gasteiger partial charge in [0.2, 0.25) is 0 Å². The van der Waals surface area contributed by atoms with Crippen molar-refractivity contribution >= 4 is 5.78 Å². The van der Waals surface area contributed by atoms with E-state index in [1.165, 1.54) is 33.4 Å². The Labute approximate surface area is 133 Å². The van der Waals surface area contributed by atoms with Crippen LogP contribution in [0.5, 0.6) is 0 Å². The van der Waals surface area contributed by atoms with Crippen LogP contribution in [0.4, 0.5) is 0 Å². The molecule has 22 heavy (non-hydrogen) atoms. The normalized spacial score (nSPS) is 20.9. The molecule has 3 rings (SSSR count). The smallest absolute Gasteiger partial charge is 0.163 e. The van der Waals surface area contributed by atoms with Gasteiger partial charge in [0.25, 0.3) is 0 Å². The highest BCUT2D eigenvalue weighted by atomic mass is 16.1. The van der Waals surface area contributed by atoms with Crippen LogP contribution in [0.2, 0.25) is 0 Å². The second kappa shape index (κ2) is 5.08. The molecule has 0 aromatic heterocycles. The lowest BCUT2D eigenvalue weighted by molar-refractivity contribution is 0.0959. The lowest BCUT2D eigenvalue weighted by Gasteiger charge is -2.37. The van der Waals surface area contributed by atoms with Crippen molar-refractivity contribution in [2.75, 3.05) is 0 Å². The molecule has 0 fully saturated rings. The first-order valence-corrected chi connectivity index (χ1v) is 8.05. The molecule has 0 saturated heterocycles. The monoisotopic (exact) mass is 292 g/mol. The maximum absolute atomic E-state index is 12.4. The number of hydrogen-bond donors (Lipinski definition) is 0. The molecular formula is C21H24O. The molecule has 2 aromatic carbocycles. The molecule has 0 bridgehead atoms. The van der Waals surface area contributed by atoms with Crippen LogP contribution in [0.3, 0.4) is 0 Å². The fourth-order valence-electron chi connectivity index (χ4n) is 3.52. The van der Waals surface area contributed by atoms with Crippen molar-refractivity contribution in [2.24, 2.45) is 0 Å². The topological polar surface area (TPSA) is 17.1 Å². The summed E-state index contributed by atoms with van der Waals surface area (Å²) in [6, 6.07) is 11.1. The predicted octanol–water partition coefficient (Wildman–Crippen LogP) is 5.20. The average Bonchev–Trinajstić information content (AvgIpc) is 2.48. The first kappa shape index (κ1) is 15.0. The van der Waals surface area contributed by atoms with Crippen molar-refractivity contribution in [1.29, 1.82) is 0 Å². The fourth-order valence-corrected chi connectivity index (χ4v) is 3.52. The third-order valence-electron chi connectivity index (χ3n) is 5.52. The van der Waals surface area contributed by atoms with Crippen molar-refractivity contribution < 1.29 is 4.79 Å². The molecule has 0 saturated carbocycles. The van der Waals surface area contributed by atoms with Crippen LogP contribution < -0.4 is 0 Å². The van der Waals surface area contributed by atoms with E-state index in [0.717, 1.165) is 12.0 Å². The van der Waals surface area contributed by atoms with Crippen LogP contribution >= 0.6 is 0 Å². The van der Waals surface area contributed by atoms with E-state index in [1.807, 2.05) is 0 Å². The van der Waals surface area contributed by atoms with Gasteiger partial charge >= 0.3 is 0 Å². The van der Waals surface area contributed by atoms with Crippen LogP contribution in [0, 0.1) is 27.7 Å². The molecule has 0 N–H and O–H groups in total. The van der Waals surface area contributed by atoms with Crippen molar-refractivity contribution in [3.8, 4) is 0 Å². The van der Waals surface area contributed by atoms with Gasteiger partial charge in [-0.05, 0) is 73.6 Å². The van der Waals surface area contributed by atoms with Gasteiger partial charge in [0, 0.05) is 17.4 Å². The first-order valence-electron chi connectivity index (χ1n) is 8.05. The second-order valence-corrected chi connectivity index (χ2v) is 7.04. The predicted molar refractivity (Wildman–Crippen MR) is 91.9 cm³/mol. The molecule has 0 heterocycles. The van der Waals surface area contributed by atoms with Gasteiger partial charge in [-0.3, -0.25) is 4.79 Å². The molecule has 0 radical (unpaired) electrons. The van der Waals surface area contributed by atoms with E-state index >= 15 is 0 Å². The van der Waals surface area contributed by atoms with Gasteiger partial charge in [0.05, 0.1) is 0 Å². The molecule has 1 aliphatic rings. The maximum atomic E-state index is 12.4. The Morgan fingerprint density at radius 1 is 0.864 bits per heavy atom. The number of benzene rings is 2. The summed E-state index contributed by atoms with van der Waals surface area (Å²) < 4.78 is 0. The summed E-state index contributed by atoms with van der Waals surface area (Å²) >= 11 is 0. The Balaban J connectivity index is 2.24. The molecule has 1 heteroatoms. The Morgan fingerprint density at radius 2 is 1.50 bits per heavy atom. The summed E-state index contributed by atoms with van der Waals surface area (Å²) in [5, 5.41) is 0. The molecular weight excluding hydrogens is 268 g/mol. The largest absolute Gasteiger partial charge is 0.294 e. The molecule has 1 atom stereocenters. The summed E-state index contributed by atoms with van der Waals surface area (Å²) in [5.41, 5.74) is 8.50. The number of ketones is 1. The van der Waals surface area contributed by atoms with Crippen molar-refractivity contribution in [3.05, 3.63) is 69.3 Å². The van der Waals surface area contributed by atoms with Crippen LogP contribution in [0.1, 0.15) is 63.5 Å². The van der Waals surface area contributed by atoms with Gasteiger partial charge in [0.15, 0.2) is 5.78 Å². The van der Waals surface area contributed by atoms with E-state index in [4.69, 9.17) is 0 Å². The quantitative estimate of drug-likeness (QED) is 0.705. The third kappa shape index (κ3) is 2.20. The van der Waals surface area contributed by atoms with Gasteiger partial charge in [-0.25, -0.2) is 0 Å². The molecule has 114 valence electrons. The average molecular weight is 292 g/mol. The van der Waals surface area contributed by atoms with Gasteiger partial charge in [0.1, 0.15) is 0 Å². The summed E-state index contributed by atoms with van der Waals surface area (Å²) in [7, 11) is 0. The Hall–Kier alpha value is -1.89. The molecule has 0 unspecified atom stereocenters. The van der Waals surface area contributed by atoms with Gasteiger partial charge in [-0.15, -0.1) is 0 Å². The van der Waals surface area contributed by atoms with Crippen LogP contribution in [0.15, 0.2) is 30.3 Å².